The van der Waals surface area contributed by atoms with Crippen LogP contribution in [0.3, 0.4) is 0 Å². The van der Waals surface area contributed by atoms with E-state index in [1.807, 2.05) is 6.07 Å². The number of hydrogen-bond acceptors (Lipinski definition) is 4. The molecule has 1 aliphatic carbocycles. The van der Waals surface area contributed by atoms with Gasteiger partial charge in [-0.3, -0.25) is 0 Å². The summed E-state index contributed by atoms with van der Waals surface area (Å²) in [5.74, 6) is 0.418. The zero-order chi connectivity index (χ0) is 26.8. The topological polar surface area (TPSA) is 57.9 Å². The van der Waals surface area contributed by atoms with Gasteiger partial charge in [0.25, 0.3) is 0 Å². The molecule has 1 unspecified atom stereocenters. The van der Waals surface area contributed by atoms with E-state index in [2.05, 4.69) is 44.7 Å². The van der Waals surface area contributed by atoms with Crippen molar-refractivity contribution in [2.45, 2.75) is 63.8 Å². The Kier molecular flexibility index (Phi) is 7.94. The Bertz CT molecular complexity index is 1310. The second-order valence-corrected chi connectivity index (χ2v) is 11.9. The highest BCUT2D eigenvalue weighted by Crippen LogP contribution is 2.47. The third-order valence-corrected chi connectivity index (χ3v) is 9.48. The maximum atomic E-state index is 11.9. The third kappa shape index (κ3) is 5.33. The molecule has 39 heavy (non-hydrogen) atoms. The van der Waals surface area contributed by atoms with Gasteiger partial charge in [0.05, 0.1) is 11.3 Å². The van der Waals surface area contributed by atoms with Crippen LogP contribution in [0.1, 0.15) is 73.2 Å². The maximum absolute atomic E-state index is 11.9. The Balaban J connectivity index is 1.35. The molecule has 1 saturated heterocycles. The molecule has 3 aromatic rings. The van der Waals surface area contributed by atoms with Gasteiger partial charge in [0.1, 0.15) is 0 Å². The number of methoxy groups -OCH3 is 1. The molecule has 1 aromatic heterocycles. The minimum absolute atomic E-state index is 0.375. The number of carboxylic acid groups (broad SMARTS) is 1. The first-order valence-electron chi connectivity index (χ1n) is 15.1. The van der Waals surface area contributed by atoms with E-state index < -0.39 is 5.97 Å². The highest BCUT2D eigenvalue weighted by atomic mass is 16.5. The quantitative estimate of drug-likeness (QED) is 0.355. The monoisotopic (exact) mass is 529 g/mol. The molecule has 3 heterocycles. The molecule has 0 amide bonds. The number of piperidine rings is 1. The molecule has 2 aromatic carbocycles. The predicted octanol–water partition coefficient (Wildman–Crippen LogP) is 6.62. The van der Waals surface area contributed by atoms with Crippen molar-refractivity contribution in [2.75, 3.05) is 51.3 Å². The van der Waals surface area contributed by atoms with Crippen LogP contribution in [0, 0.1) is 5.92 Å². The second-order valence-electron chi connectivity index (χ2n) is 11.9. The van der Waals surface area contributed by atoms with Gasteiger partial charge in [0, 0.05) is 68.6 Å². The number of aromatic nitrogens is 1. The molecule has 6 rings (SSSR count). The van der Waals surface area contributed by atoms with Gasteiger partial charge < -0.3 is 24.2 Å². The normalized spacial score (nSPS) is 20.5. The first-order chi connectivity index (χ1) is 19.1. The van der Waals surface area contributed by atoms with E-state index in [1.165, 1.54) is 85.9 Å². The van der Waals surface area contributed by atoms with Gasteiger partial charge in [-0.05, 0) is 74.2 Å². The number of aromatic carboxylic acids is 1. The van der Waals surface area contributed by atoms with E-state index in [1.54, 1.807) is 13.2 Å². The summed E-state index contributed by atoms with van der Waals surface area (Å²) in [6.07, 6.45) is 10.1. The van der Waals surface area contributed by atoms with Crippen molar-refractivity contribution < 1.29 is 14.6 Å². The molecule has 1 N–H and O–H groups in total. The van der Waals surface area contributed by atoms with E-state index in [4.69, 9.17) is 4.74 Å². The molecule has 2 fully saturated rings. The number of nitrogens with zero attached hydrogens (tertiary/aromatic N) is 3. The van der Waals surface area contributed by atoms with Crippen molar-refractivity contribution >= 4 is 22.6 Å². The van der Waals surface area contributed by atoms with Crippen LogP contribution in [0.15, 0.2) is 42.5 Å². The van der Waals surface area contributed by atoms with Gasteiger partial charge in [0.15, 0.2) is 0 Å². The van der Waals surface area contributed by atoms with Gasteiger partial charge in [0.2, 0.25) is 0 Å². The average Bonchev–Trinajstić information content (AvgIpc) is 3.20. The fourth-order valence-electron chi connectivity index (χ4n) is 7.50. The first kappa shape index (κ1) is 26.4. The fourth-order valence-corrected chi connectivity index (χ4v) is 7.50. The van der Waals surface area contributed by atoms with Crippen LogP contribution < -0.4 is 4.90 Å². The van der Waals surface area contributed by atoms with Crippen LogP contribution in [-0.2, 0) is 11.3 Å². The van der Waals surface area contributed by atoms with Crippen LogP contribution in [0.25, 0.3) is 22.2 Å². The van der Waals surface area contributed by atoms with E-state index in [9.17, 15) is 9.90 Å². The number of carbonyl (C=O) groups is 1. The number of fused-ring (bicyclic) bond motifs is 5. The highest BCUT2D eigenvalue weighted by molar-refractivity contribution is 5.99. The predicted molar refractivity (Wildman–Crippen MR) is 158 cm³/mol. The van der Waals surface area contributed by atoms with Gasteiger partial charge in [-0.2, -0.15) is 0 Å². The Hall–Kier alpha value is -2.83. The molecule has 6 nitrogen and oxygen atoms in total. The maximum Gasteiger partial charge on any atom is 0.335 e. The number of ether oxygens (including phenoxy) is 1. The summed E-state index contributed by atoms with van der Waals surface area (Å²) < 4.78 is 7.80. The lowest BCUT2D eigenvalue weighted by atomic mass is 9.81. The molecule has 1 atom stereocenters. The van der Waals surface area contributed by atoms with E-state index in [-0.39, 0.29) is 0 Å². The molecule has 0 bridgehead atoms. The zero-order valence-electron chi connectivity index (χ0n) is 23.4. The summed E-state index contributed by atoms with van der Waals surface area (Å²) in [5.41, 5.74) is 6.87. The van der Waals surface area contributed by atoms with Gasteiger partial charge >= 0.3 is 5.97 Å². The summed E-state index contributed by atoms with van der Waals surface area (Å²) in [7, 11) is 1.80. The van der Waals surface area contributed by atoms with Crippen LogP contribution in [0.5, 0.6) is 0 Å². The van der Waals surface area contributed by atoms with Crippen LogP contribution in [-0.4, -0.2) is 67.0 Å². The molecular weight excluding hydrogens is 486 g/mol. The van der Waals surface area contributed by atoms with Gasteiger partial charge in [-0.15, -0.1) is 0 Å². The molecule has 2 aliphatic heterocycles. The van der Waals surface area contributed by atoms with E-state index >= 15 is 0 Å². The second kappa shape index (κ2) is 11.7. The number of rotatable bonds is 8. The third-order valence-electron chi connectivity index (χ3n) is 9.48. The fraction of sp³-hybridized carbons (Fsp3) is 0.545. The molecule has 3 aliphatic rings. The Morgan fingerprint density at radius 3 is 2.64 bits per heavy atom. The van der Waals surface area contributed by atoms with Crippen molar-refractivity contribution in [1.29, 1.82) is 0 Å². The highest BCUT2D eigenvalue weighted by Gasteiger charge is 2.31. The minimum atomic E-state index is -0.854. The smallest absolute Gasteiger partial charge is 0.335 e. The lowest BCUT2D eigenvalue weighted by Crippen LogP contribution is -2.41. The van der Waals surface area contributed by atoms with Crippen molar-refractivity contribution in [3.63, 3.8) is 0 Å². The van der Waals surface area contributed by atoms with Crippen molar-refractivity contribution in [1.82, 2.24) is 9.47 Å². The van der Waals surface area contributed by atoms with Crippen molar-refractivity contribution in [2.24, 2.45) is 5.92 Å². The van der Waals surface area contributed by atoms with Crippen molar-refractivity contribution in [3.8, 4) is 11.3 Å². The molecule has 208 valence electrons. The van der Waals surface area contributed by atoms with Crippen LogP contribution >= 0.6 is 0 Å². The van der Waals surface area contributed by atoms with E-state index in [0.29, 0.717) is 11.5 Å². The average molecular weight is 530 g/mol. The summed E-state index contributed by atoms with van der Waals surface area (Å²) in [4.78, 5) is 17.2. The lowest BCUT2D eigenvalue weighted by Gasteiger charge is -2.35. The standard InChI is InChI=1S/C33H43N3O3/c1-39-21-15-24-8-7-16-34(23-24)17-18-35-19-20-36-30-22-26(33(37)38)13-14-27(30)31(25-9-3-2-4-10-25)32(36)28-11-5-6-12-29(28)35/h5-6,11-14,22,24-25H,2-4,7-10,15-21,23H2,1H3,(H,37,38). The first-order valence-corrected chi connectivity index (χ1v) is 15.1. The number of carboxylic acids is 1. The zero-order valence-corrected chi connectivity index (χ0v) is 23.4. The molecule has 0 spiro atoms. The SMILES string of the molecule is COCCC1CCCN(CCN2CCn3c(c(C4CCCCC4)c4ccc(C(=O)O)cc43)-c3ccccc32)C1. The van der Waals surface area contributed by atoms with Gasteiger partial charge in [-0.25, -0.2) is 4.79 Å². The molecule has 1 saturated carbocycles. The summed E-state index contributed by atoms with van der Waals surface area (Å²) in [5, 5.41) is 11.0. The Morgan fingerprint density at radius 1 is 0.974 bits per heavy atom. The van der Waals surface area contributed by atoms with Crippen LogP contribution in [0.4, 0.5) is 5.69 Å². The minimum Gasteiger partial charge on any atom is -0.478 e. The number of anilines is 1. The lowest BCUT2D eigenvalue weighted by molar-refractivity contribution is 0.0697. The summed E-state index contributed by atoms with van der Waals surface area (Å²) in [6.45, 7) is 7.10. The number of para-hydroxylation sites is 1. The number of likely N-dealkylation sites (tertiary alicyclic amines) is 1. The molecule has 6 heteroatoms. The number of benzene rings is 2. The molecule has 0 radical (unpaired) electrons. The Morgan fingerprint density at radius 2 is 1.82 bits per heavy atom. The van der Waals surface area contributed by atoms with Crippen LogP contribution in [0.2, 0.25) is 0 Å². The van der Waals surface area contributed by atoms with E-state index in [0.717, 1.165) is 50.6 Å². The number of hydrogen-bond donors (Lipinski definition) is 1. The van der Waals surface area contributed by atoms with Crippen molar-refractivity contribution in [3.05, 3.63) is 53.6 Å². The summed E-state index contributed by atoms with van der Waals surface area (Å²) in [6, 6.07) is 14.7. The largest absolute Gasteiger partial charge is 0.478 e. The van der Waals surface area contributed by atoms with Gasteiger partial charge in [-0.1, -0.05) is 43.5 Å². The molecular formula is C33H43N3O3. The summed E-state index contributed by atoms with van der Waals surface area (Å²) >= 11 is 0. The Labute approximate surface area is 232 Å².